The van der Waals surface area contributed by atoms with E-state index >= 15 is 0 Å². The van der Waals surface area contributed by atoms with Crippen LogP contribution in [0.15, 0.2) is 0 Å². The molecule has 1 rings (SSSR count). The largest absolute Gasteiger partial charge is 0.268 e. The SMILES string of the molecule is CCc1nn(CC)c(CC(C)(C)CC(C)Br)c1Cl. The highest BCUT2D eigenvalue weighted by Crippen LogP contribution is 2.33. The molecule has 0 aromatic carbocycles. The molecular weight excluding hydrogens is 312 g/mol. The summed E-state index contributed by atoms with van der Waals surface area (Å²) in [5.74, 6) is 0. The monoisotopic (exact) mass is 334 g/mol. The van der Waals surface area contributed by atoms with E-state index in [9.17, 15) is 0 Å². The van der Waals surface area contributed by atoms with Crippen molar-refractivity contribution in [2.45, 2.75) is 65.3 Å². The topological polar surface area (TPSA) is 17.8 Å². The van der Waals surface area contributed by atoms with Crippen molar-refractivity contribution in [3.63, 3.8) is 0 Å². The van der Waals surface area contributed by atoms with Crippen LogP contribution in [0.4, 0.5) is 0 Å². The Kier molecular flexibility index (Phi) is 5.72. The zero-order valence-electron chi connectivity index (χ0n) is 12.1. The molecule has 1 aromatic rings. The molecule has 0 radical (unpaired) electrons. The molecule has 2 nitrogen and oxygen atoms in total. The van der Waals surface area contributed by atoms with Crippen LogP contribution >= 0.6 is 27.5 Å². The zero-order chi connectivity index (χ0) is 13.9. The Balaban J connectivity index is 2.99. The van der Waals surface area contributed by atoms with Crippen molar-refractivity contribution < 1.29 is 0 Å². The number of nitrogens with zero attached hydrogens (tertiary/aromatic N) is 2. The highest BCUT2D eigenvalue weighted by atomic mass is 79.9. The van der Waals surface area contributed by atoms with E-state index in [0.29, 0.717) is 4.83 Å². The summed E-state index contributed by atoms with van der Waals surface area (Å²) in [6, 6.07) is 0. The van der Waals surface area contributed by atoms with Crippen molar-refractivity contribution in [3.05, 3.63) is 16.4 Å². The Bertz CT molecular complexity index is 397. The maximum absolute atomic E-state index is 6.46. The zero-order valence-corrected chi connectivity index (χ0v) is 14.4. The third-order valence-corrected chi connectivity index (χ3v) is 3.93. The van der Waals surface area contributed by atoms with Gasteiger partial charge in [0.15, 0.2) is 0 Å². The average Bonchev–Trinajstić information content (AvgIpc) is 2.53. The quantitative estimate of drug-likeness (QED) is 0.679. The summed E-state index contributed by atoms with van der Waals surface area (Å²) in [5, 5.41) is 5.45. The van der Waals surface area contributed by atoms with E-state index < -0.39 is 0 Å². The fourth-order valence-electron chi connectivity index (χ4n) is 2.47. The Morgan fingerprint density at radius 3 is 2.44 bits per heavy atom. The predicted molar refractivity (Wildman–Crippen MR) is 82.8 cm³/mol. The first-order valence-corrected chi connectivity index (χ1v) is 7.98. The molecule has 0 spiro atoms. The molecule has 1 aromatic heterocycles. The first-order chi connectivity index (χ1) is 8.30. The smallest absolute Gasteiger partial charge is 0.0850 e. The van der Waals surface area contributed by atoms with E-state index in [0.717, 1.165) is 36.5 Å². The summed E-state index contributed by atoms with van der Waals surface area (Å²) in [6.45, 7) is 11.9. The number of halogens is 2. The van der Waals surface area contributed by atoms with Gasteiger partial charge in [-0.25, -0.2) is 0 Å². The third kappa shape index (κ3) is 3.99. The summed E-state index contributed by atoms with van der Waals surface area (Å²) >= 11 is 10.1. The maximum Gasteiger partial charge on any atom is 0.0850 e. The van der Waals surface area contributed by atoms with Gasteiger partial charge in [-0.05, 0) is 31.6 Å². The Morgan fingerprint density at radius 1 is 1.39 bits per heavy atom. The van der Waals surface area contributed by atoms with E-state index in [1.807, 2.05) is 0 Å². The molecule has 0 aliphatic rings. The van der Waals surface area contributed by atoms with Gasteiger partial charge in [-0.3, -0.25) is 4.68 Å². The lowest BCUT2D eigenvalue weighted by Gasteiger charge is -2.26. The number of alkyl halides is 1. The summed E-state index contributed by atoms with van der Waals surface area (Å²) in [7, 11) is 0. The molecule has 18 heavy (non-hydrogen) atoms. The molecule has 0 aliphatic heterocycles. The molecule has 0 N–H and O–H groups in total. The third-order valence-electron chi connectivity index (χ3n) is 3.17. The molecule has 4 heteroatoms. The minimum Gasteiger partial charge on any atom is -0.268 e. The van der Waals surface area contributed by atoms with Crippen LogP contribution in [0.3, 0.4) is 0 Å². The van der Waals surface area contributed by atoms with Gasteiger partial charge in [0.2, 0.25) is 0 Å². The number of hydrogen-bond donors (Lipinski definition) is 0. The molecule has 104 valence electrons. The van der Waals surface area contributed by atoms with Crippen molar-refractivity contribution in [1.29, 1.82) is 0 Å². The van der Waals surface area contributed by atoms with Gasteiger partial charge in [-0.2, -0.15) is 5.10 Å². The van der Waals surface area contributed by atoms with Crippen LogP contribution in [0.5, 0.6) is 0 Å². The summed E-state index contributed by atoms with van der Waals surface area (Å²) in [4.78, 5) is 0.523. The van der Waals surface area contributed by atoms with Gasteiger partial charge in [-0.1, -0.05) is 55.2 Å². The highest BCUT2D eigenvalue weighted by molar-refractivity contribution is 9.09. The Labute approximate surface area is 124 Å². The van der Waals surface area contributed by atoms with Crippen LogP contribution in [0.1, 0.15) is 52.4 Å². The van der Waals surface area contributed by atoms with Crippen molar-refractivity contribution in [1.82, 2.24) is 9.78 Å². The first-order valence-electron chi connectivity index (χ1n) is 6.68. The van der Waals surface area contributed by atoms with Crippen LogP contribution in [-0.4, -0.2) is 14.6 Å². The van der Waals surface area contributed by atoms with Gasteiger partial charge in [0.05, 0.1) is 16.4 Å². The normalized spacial score (nSPS) is 13.9. The molecule has 0 bridgehead atoms. The van der Waals surface area contributed by atoms with E-state index in [1.54, 1.807) is 0 Å². The van der Waals surface area contributed by atoms with Gasteiger partial charge in [0.1, 0.15) is 0 Å². The number of rotatable bonds is 6. The lowest BCUT2D eigenvalue weighted by atomic mass is 9.83. The molecule has 0 saturated heterocycles. The molecule has 1 unspecified atom stereocenters. The molecule has 0 aliphatic carbocycles. The van der Waals surface area contributed by atoms with E-state index in [2.05, 4.69) is 60.3 Å². The molecule has 1 atom stereocenters. The molecule has 1 heterocycles. The van der Waals surface area contributed by atoms with Crippen LogP contribution in [0.2, 0.25) is 5.02 Å². The predicted octanol–water partition coefficient (Wildman–Crippen LogP) is 4.86. The fraction of sp³-hybridized carbons (Fsp3) is 0.786. The minimum absolute atomic E-state index is 0.227. The summed E-state index contributed by atoms with van der Waals surface area (Å²) < 4.78 is 2.06. The van der Waals surface area contributed by atoms with Crippen LogP contribution in [-0.2, 0) is 19.4 Å². The molecule has 0 fully saturated rings. The second-order valence-electron chi connectivity index (χ2n) is 5.70. The molecule has 0 amide bonds. The van der Waals surface area contributed by atoms with E-state index in [-0.39, 0.29) is 5.41 Å². The van der Waals surface area contributed by atoms with Crippen molar-refractivity contribution in [2.24, 2.45) is 5.41 Å². The first kappa shape index (κ1) is 16.0. The summed E-state index contributed by atoms with van der Waals surface area (Å²) in [6.07, 6.45) is 3.00. The fourth-order valence-corrected chi connectivity index (χ4v) is 3.69. The van der Waals surface area contributed by atoms with Crippen LogP contribution < -0.4 is 0 Å². The minimum atomic E-state index is 0.227. The van der Waals surface area contributed by atoms with Gasteiger partial charge >= 0.3 is 0 Å². The van der Waals surface area contributed by atoms with Crippen molar-refractivity contribution >= 4 is 27.5 Å². The lowest BCUT2D eigenvalue weighted by molar-refractivity contribution is 0.324. The highest BCUT2D eigenvalue weighted by Gasteiger charge is 2.25. The number of hydrogen-bond acceptors (Lipinski definition) is 1. The average molecular weight is 336 g/mol. The van der Waals surface area contributed by atoms with Gasteiger partial charge in [0, 0.05) is 11.4 Å². The Morgan fingerprint density at radius 2 is 2.00 bits per heavy atom. The van der Waals surface area contributed by atoms with E-state index in [1.165, 1.54) is 5.69 Å². The second-order valence-corrected chi connectivity index (χ2v) is 7.64. The van der Waals surface area contributed by atoms with Gasteiger partial charge < -0.3 is 0 Å². The van der Waals surface area contributed by atoms with Crippen LogP contribution in [0.25, 0.3) is 0 Å². The van der Waals surface area contributed by atoms with Crippen LogP contribution in [0, 0.1) is 5.41 Å². The summed E-state index contributed by atoms with van der Waals surface area (Å²) in [5.41, 5.74) is 2.44. The standard InChI is InChI=1S/C14H24BrClN2/c1-6-11-13(16)12(18(7-2)17-11)9-14(4,5)8-10(3)15/h10H,6-9H2,1-5H3. The molecule has 0 saturated carbocycles. The van der Waals surface area contributed by atoms with Gasteiger partial charge in [0.25, 0.3) is 0 Å². The Hall–Kier alpha value is -0.0200. The number of aryl methyl sites for hydroxylation is 2. The van der Waals surface area contributed by atoms with Crippen molar-refractivity contribution in [3.8, 4) is 0 Å². The van der Waals surface area contributed by atoms with Gasteiger partial charge in [-0.15, -0.1) is 0 Å². The van der Waals surface area contributed by atoms with Crippen molar-refractivity contribution in [2.75, 3.05) is 0 Å². The lowest BCUT2D eigenvalue weighted by Crippen LogP contribution is -2.21. The maximum atomic E-state index is 6.46. The second kappa shape index (κ2) is 6.42. The number of aromatic nitrogens is 2. The van der Waals surface area contributed by atoms with E-state index in [4.69, 9.17) is 11.6 Å². The molecular formula is C14H24BrClN2.